The first kappa shape index (κ1) is 20.2. The molecule has 0 atom stereocenters. The zero-order valence-electron chi connectivity index (χ0n) is 15.6. The van der Waals surface area contributed by atoms with Crippen LogP contribution in [0.15, 0.2) is 42.6 Å². The number of nitrogens with zero attached hydrogens (tertiary/aromatic N) is 1. The van der Waals surface area contributed by atoms with E-state index in [9.17, 15) is 18.0 Å². The maximum Gasteiger partial charge on any atom is 0.417 e. The molecule has 28 heavy (non-hydrogen) atoms. The number of aromatic nitrogens is 1. The fourth-order valence-corrected chi connectivity index (χ4v) is 3.40. The van der Waals surface area contributed by atoms with Gasteiger partial charge in [0.05, 0.1) is 12.0 Å². The number of carbonyl (C=O) groups is 1. The summed E-state index contributed by atoms with van der Waals surface area (Å²) < 4.78 is 43.4. The van der Waals surface area contributed by atoms with Gasteiger partial charge in [-0.3, -0.25) is 4.79 Å². The Balaban J connectivity index is 1.43. The normalized spacial score (nSPS) is 19.9. The molecule has 1 amide bonds. The van der Waals surface area contributed by atoms with Gasteiger partial charge in [0.25, 0.3) is 0 Å². The van der Waals surface area contributed by atoms with Crippen molar-refractivity contribution in [2.45, 2.75) is 57.3 Å². The summed E-state index contributed by atoms with van der Waals surface area (Å²) in [5, 5.41) is 3.06. The summed E-state index contributed by atoms with van der Waals surface area (Å²) >= 11 is 0. The lowest BCUT2D eigenvalue weighted by Gasteiger charge is -2.29. The van der Waals surface area contributed by atoms with Gasteiger partial charge in [-0.25, -0.2) is 4.98 Å². The molecular weight excluding hydrogens is 369 g/mol. The number of amides is 1. The van der Waals surface area contributed by atoms with Crippen LogP contribution in [0.5, 0.6) is 5.88 Å². The molecule has 1 saturated carbocycles. The molecule has 1 N–H and O–H groups in total. The number of hydrogen-bond donors (Lipinski definition) is 1. The standard InChI is InChI=1S/C21H23F3N2O2/c1-14-3-2-4-15(11-14)12-19(27)26-17-6-8-18(9-7-17)28-20-10-5-16(13-25-20)21(22,23)24/h2-5,10-11,13,17-18H,6-9,12H2,1H3,(H,26,27). The van der Waals surface area contributed by atoms with Gasteiger partial charge in [0.1, 0.15) is 6.10 Å². The van der Waals surface area contributed by atoms with Crippen molar-refractivity contribution in [2.24, 2.45) is 0 Å². The summed E-state index contributed by atoms with van der Waals surface area (Å²) in [7, 11) is 0. The molecule has 1 aromatic carbocycles. The smallest absolute Gasteiger partial charge is 0.417 e. The molecule has 4 nitrogen and oxygen atoms in total. The predicted molar refractivity (Wildman–Crippen MR) is 98.9 cm³/mol. The third-order valence-electron chi connectivity index (χ3n) is 4.84. The first-order valence-electron chi connectivity index (χ1n) is 9.34. The van der Waals surface area contributed by atoms with E-state index >= 15 is 0 Å². The van der Waals surface area contributed by atoms with Crippen LogP contribution in [0.25, 0.3) is 0 Å². The highest BCUT2D eigenvalue weighted by atomic mass is 19.4. The van der Waals surface area contributed by atoms with Crippen molar-refractivity contribution in [3.63, 3.8) is 0 Å². The van der Waals surface area contributed by atoms with Crippen LogP contribution < -0.4 is 10.1 Å². The van der Waals surface area contributed by atoms with Gasteiger partial charge in [-0.2, -0.15) is 13.2 Å². The quantitative estimate of drug-likeness (QED) is 0.818. The van der Waals surface area contributed by atoms with E-state index in [4.69, 9.17) is 4.74 Å². The van der Waals surface area contributed by atoms with Crippen LogP contribution in [0.4, 0.5) is 13.2 Å². The first-order valence-corrected chi connectivity index (χ1v) is 9.34. The lowest BCUT2D eigenvalue weighted by Crippen LogP contribution is -2.40. The lowest BCUT2D eigenvalue weighted by atomic mass is 9.92. The zero-order valence-corrected chi connectivity index (χ0v) is 15.6. The minimum atomic E-state index is -4.40. The number of carbonyl (C=O) groups excluding carboxylic acids is 1. The Morgan fingerprint density at radius 3 is 2.54 bits per heavy atom. The molecule has 0 bridgehead atoms. The lowest BCUT2D eigenvalue weighted by molar-refractivity contribution is -0.137. The molecule has 1 heterocycles. The fourth-order valence-electron chi connectivity index (χ4n) is 3.40. The van der Waals surface area contributed by atoms with Crippen LogP contribution in [-0.2, 0) is 17.4 Å². The number of benzene rings is 1. The SMILES string of the molecule is Cc1cccc(CC(=O)NC2CCC(Oc3ccc(C(F)(F)F)cn3)CC2)c1. The number of ether oxygens (including phenoxy) is 1. The molecule has 1 aliphatic rings. The summed E-state index contributed by atoms with van der Waals surface area (Å²) in [5.41, 5.74) is 1.32. The summed E-state index contributed by atoms with van der Waals surface area (Å²) in [6.45, 7) is 1.99. The van der Waals surface area contributed by atoms with Crippen molar-refractivity contribution in [2.75, 3.05) is 0 Å². The Morgan fingerprint density at radius 1 is 1.18 bits per heavy atom. The molecule has 150 valence electrons. The van der Waals surface area contributed by atoms with E-state index in [0.717, 1.165) is 49.1 Å². The number of pyridine rings is 1. The second-order valence-corrected chi connectivity index (χ2v) is 7.21. The molecule has 0 aliphatic heterocycles. The van der Waals surface area contributed by atoms with Crippen molar-refractivity contribution >= 4 is 5.91 Å². The second kappa shape index (κ2) is 8.63. The van der Waals surface area contributed by atoms with Gasteiger partial charge in [-0.15, -0.1) is 0 Å². The summed E-state index contributed by atoms with van der Waals surface area (Å²) in [6.07, 6.45) is -0.388. The third kappa shape index (κ3) is 5.71. The van der Waals surface area contributed by atoms with Gasteiger partial charge in [0.2, 0.25) is 11.8 Å². The van der Waals surface area contributed by atoms with Crippen molar-refractivity contribution in [1.82, 2.24) is 10.3 Å². The number of aryl methyl sites for hydroxylation is 1. The van der Waals surface area contributed by atoms with E-state index < -0.39 is 11.7 Å². The highest BCUT2D eigenvalue weighted by molar-refractivity contribution is 5.78. The molecule has 1 aliphatic carbocycles. The Labute approximate surface area is 162 Å². The van der Waals surface area contributed by atoms with Gasteiger partial charge in [0, 0.05) is 18.3 Å². The molecule has 7 heteroatoms. The number of hydrogen-bond acceptors (Lipinski definition) is 3. The Hall–Kier alpha value is -2.57. The molecule has 3 rings (SSSR count). The maximum atomic E-state index is 12.6. The van der Waals surface area contributed by atoms with Gasteiger partial charge >= 0.3 is 6.18 Å². The monoisotopic (exact) mass is 392 g/mol. The van der Waals surface area contributed by atoms with Gasteiger partial charge in [-0.05, 0) is 44.2 Å². The predicted octanol–water partition coefficient (Wildman–Crippen LogP) is 4.46. The van der Waals surface area contributed by atoms with Crippen LogP contribution >= 0.6 is 0 Å². The van der Waals surface area contributed by atoms with Crippen LogP contribution in [0.1, 0.15) is 42.4 Å². The van der Waals surface area contributed by atoms with Crippen molar-refractivity contribution in [3.8, 4) is 5.88 Å². The van der Waals surface area contributed by atoms with Crippen LogP contribution in [0, 0.1) is 6.92 Å². The molecular formula is C21H23F3N2O2. The molecule has 0 spiro atoms. The Bertz CT molecular complexity index is 798. The topological polar surface area (TPSA) is 51.2 Å². The summed E-state index contributed by atoms with van der Waals surface area (Å²) in [5.74, 6) is 0.194. The van der Waals surface area contributed by atoms with E-state index in [-0.39, 0.29) is 23.9 Å². The van der Waals surface area contributed by atoms with Crippen LogP contribution in [-0.4, -0.2) is 23.0 Å². The molecule has 1 aromatic heterocycles. The Kier molecular flexibility index (Phi) is 6.21. The number of halogens is 3. The molecule has 2 aromatic rings. The van der Waals surface area contributed by atoms with Crippen LogP contribution in [0.2, 0.25) is 0 Å². The molecule has 0 radical (unpaired) electrons. The Morgan fingerprint density at radius 2 is 1.93 bits per heavy atom. The van der Waals surface area contributed by atoms with Crippen LogP contribution in [0.3, 0.4) is 0 Å². The highest BCUT2D eigenvalue weighted by Gasteiger charge is 2.31. The first-order chi connectivity index (χ1) is 13.3. The number of alkyl halides is 3. The summed E-state index contributed by atoms with van der Waals surface area (Å²) in [4.78, 5) is 16.0. The second-order valence-electron chi connectivity index (χ2n) is 7.21. The van der Waals surface area contributed by atoms with E-state index in [1.807, 2.05) is 31.2 Å². The largest absolute Gasteiger partial charge is 0.474 e. The van der Waals surface area contributed by atoms with Gasteiger partial charge < -0.3 is 10.1 Å². The number of nitrogens with one attached hydrogen (secondary N) is 1. The van der Waals surface area contributed by atoms with E-state index in [1.165, 1.54) is 6.07 Å². The van der Waals surface area contributed by atoms with E-state index in [0.29, 0.717) is 6.42 Å². The molecule has 1 fully saturated rings. The molecule has 0 unspecified atom stereocenters. The third-order valence-corrected chi connectivity index (χ3v) is 4.84. The van der Waals surface area contributed by atoms with E-state index in [1.54, 1.807) is 0 Å². The fraction of sp³-hybridized carbons (Fsp3) is 0.429. The zero-order chi connectivity index (χ0) is 20.1. The average molecular weight is 392 g/mol. The van der Waals surface area contributed by atoms with Gasteiger partial charge in [0.15, 0.2) is 0 Å². The molecule has 0 saturated heterocycles. The van der Waals surface area contributed by atoms with Crippen molar-refractivity contribution in [3.05, 3.63) is 59.3 Å². The minimum Gasteiger partial charge on any atom is -0.474 e. The van der Waals surface area contributed by atoms with Crippen molar-refractivity contribution in [1.29, 1.82) is 0 Å². The van der Waals surface area contributed by atoms with Gasteiger partial charge in [-0.1, -0.05) is 29.8 Å². The maximum absolute atomic E-state index is 12.6. The minimum absolute atomic E-state index is 0.000579. The van der Waals surface area contributed by atoms with Crippen molar-refractivity contribution < 1.29 is 22.7 Å². The average Bonchev–Trinajstić information content (AvgIpc) is 2.63. The highest BCUT2D eigenvalue weighted by Crippen LogP contribution is 2.30. The number of rotatable bonds is 5. The summed E-state index contributed by atoms with van der Waals surface area (Å²) in [6, 6.07) is 10.2. The van der Waals surface area contributed by atoms with E-state index in [2.05, 4.69) is 10.3 Å².